The van der Waals surface area contributed by atoms with Crippen molar-refractivity contribution in [2.75, 3.05) is 27.2 Å². The summed E-state index contributed by atoms with van der Waals surface area (Å²) >= 11 is 1.53. The van der Waals surface area contributed by atoms with Gasteiger partial charge in [-0.2, -0.15) is 0 Å². The number of thiazole rings is 1. The van der Waals surface area contributed by atoms with E-state index in [9.17, 15) is 9.18 Å². The van der Waals surface area contributed by atoms with Crippen molar-refractivity contribution in [3.8, 4) is 0 Å². The van der Waals surface area contributed by atoms with Crippen LogP contribution in [0.25, 0.3) is 0 Å². The number of nitrogens with one attached hydrogen (secondary N) is 1. The Morgan fingerprint density at radius 3 is 2.58 bits per heavy atom. The predicted octanol–water partition coefficient (Wildman–Crippen LogP) is 2.94. The maximum absolute atomic E-state index is 12.9. The number of rotatable bonds is 7. The van der Waals surface area contributed by atoms with Gasteiger partial charge in [0, 0.05) is 31.9 Å². The van der Waals surface area contributed by atoms with Crippen LogP contribution >= 0.6 is 36.2 Å². The lowest BCUT2D eigenvalue weighted by molar-refractivity contribution is -0.129. The van der Waals surface area contributed by atoms with E-state index in [1.165, 1.54) is 23.5 Å². The third kappa shape index (κ3) is 7.13. The molecule has 0 spiro atoms. The van der Waals surface area contributed by atoms with E-state index in [0.717, 1.165) is 22.8 Å². The molecule has 0 aliphatic rings. The lowest BCUT2D eigenvalue weighted by Gasteiger charge is -2.16. The molecule has 0 aliphatic carbocycles. The number of carbonyl (C=O) groups excluding carboxylic acids is 1. The molecule has 2 rings (SSSR count). The van der Waals surface area contributed by atoms with Gasteiger partial charge in [-0.1, -0.05) is 12.1 Å². The number of carbonyl (C=O) groups is 1. The van der Waals surface area contributed by atoms with Gasteiger partial charge in [0.2, 0.25) is 5.91 Å². The predicted molar refractivity (Wildman–Crippen MR) is 101 cm³/mol. The second-order valence-electron chi connectivity index (χ2n) is 5.13. The molecule has 24 heavy (non-hydrogen) atoms. The third-order valence-electron chi connectivity index (χ3n) is 3.32. The van der Waals surface area contributed by atoms with Gasteiger partial charge in [-0.3, -0.25) is 4.79 Å². The van der Waals surface area contributed by atoms with Gasteiger partial charge in [0.1, 0.15) is 5.82 Å². The second-order valence-corrected chi connectivity index (χ2v) is 6.07. The normalized spacial score (nSPS) is 9.79. The molecule has 0 atom stereocenters. The number of benzene rings is 1. The average molecular weight is 394 g/mol. The number of halogens is 3. The van der Waals surface area contributed by atoms with E-state index in [1.54, 1.807) is 24.1 Å². The molecule has 1 amide bonds. The van der Waals surface area contributed by atoms with Crippen molar-refractivity contribution in [2.24, 2.45) is 0 Å². The van der Waals surface area contributed by atoms with Gasteiger partial charge in [0.15, 0.2) is 0 Å². The van der Waals surface area contributed by atoms with Crippen molar-refractivity contribution in [3.63, 3.8) is 0 Å². The molecule has 2 aromatic rings. The van der Waals surface area contributed by atoms with E-state index >= 15 is 0 Å². The van der Waals surface area contributed by atoms with Gasteiger partial charge in [-0.05, 0) is 24.7 Å². The van der Waals surface area contributed by atoms with Crippen LogP contribution in [0.2, 0.25) is 0 Å². The van der Waals surface area contributed by atoms with Crippen LogP contribution in [0.5, 0.6) is 0 Å². The average Bonchev–Trinajstić information content (AvgIpc) is 2.94. The Balaban J connectivity index is 0.00000264. The number of aromatic nitrogens is 1. The highest BCUT2D eigenvalue weighted by atomic mass is 35.5. The van der Waals surface area contributed by atoms with Crippen molar-refractivity contribution >= 4 is 42.1 Å². The van der Waals surface area contributed by atoms with Gasteiger partial charge in [0.25, 0.3) is 0 Å². The maximum Gasteiger partial charge on any atom is 0.228 e. The molecule has 0 saturated carbocycles. The highest BCUT2D eigenvalue weighted by Crippen LogP contribution is 2.16. The Morgan fingerprint density at radius 1 is 1.29 bits per heavy atom. The zero-order valence-electron chi connectivity index (χ0n) is 13.6. The molecule has 1 heterocycles. The highest BCUT2D eigenvalue weighted by molar-refractivity contribution is 7.09. The summed E-state index contributed by atoms with van der Waals surface area (Å²) in [4.78, 5) is 18.2. The lowest BCUT2D eigenvalue weighted by Crippen LogP contribution is -2.33. The van der Waals surface area contributed by atoms with E-state index in [0.29, 0.717) is 19.4 Å². The van der Waals surface area contributed by atoms with Crippen LogP contribution in [-0.4, -0.2) is 43.0 Å². The zero-order chi connectivity index (χ0) is 15.9. The highest BCUT2D eigenvalue weighted by Gasteiger charge is 2.12. The molecule has 4 nitrogen and oxygen atoms in total. The van der Waals surface area contributed by atoms with Gasteiger partial charge in [-0.15, -0.1) is 36.2 Å². The van der Waals surface area contributed by atoms with E-state index in [1.807, 2.05) is 12.4 Å². The first-order chi connectivity index (χ1) is 10.6. The molecular weight excluding hydrogens is 372 g/mol. The molecule has 0 radical (unpaired) electrons. The molecule has 0 fully saturated rings. The fourth-order valence-corrected chi connectivity index (χ4v) is 2.81. The SMILES string of the molecule is CNCCN(C)C(=O)Cc1csc(Cc2ccc(F)cc2)n1.Cl.Cl. The van der Waals surface area contributed by atoms with Gasteiger partial charge in [-0.25, -0.2) is 9.37 Å². The molecule has 8 heteroatoms. The lowest BCUT2D eigenvalue weighted by atomic mass is 10.1. The molecule has 1 N–H and O–H groups in total. The molecule has 1 aromatic heterocycles. The number of amides is 1. The van der Waals surface area contributed by atoms with Crippen LogP contribution in [0.1, 0.15) is 16.3 Å². The van der Waals surface area contributed by atoms with Crippen LogP contribution in [-0.2, 0) is 17.6 Å². The van der Waals surface area contributed by atoms with E-state index in [-0.39, 0.29) is 36.5 Å². The van der Waals surface area contributed by atoms with Gasteiger partial charge in [0.05, 0.1) is 17.1 Å². The second kappa shape index (κ2) is 11.4. The van der Waals surface area contributed by atoms with Crippen molar-refractivity contribution in [1.29, 1.82) is 0 Å². The standard InChI is InChI=1S/C16H20FN3OS.2ClH/c1-18-7-8-20(2)16(21)10-14-11-22-15(19-14)9-12-3-5-13(17)6-4-12;;/h3-6,11,18H,7-10H2,1-2H3;2*1H. The summed E-state index contributed by atoms with van der Waals surface area (Å²) < 4.78 is 12.9. The Morgan fingerprint density at radius 2 is 1.96 bits per heavy atom. The van der Waals surface area contributed by atoms with Crippen molar-refractivity contribution in [1.82, 2.24) is 15.2 Å². The van der Waals surface area contributed by atoms with Crippen LogP contribution < -0.4 is 5.32 Å². The first-order valence-electron chi connectivity index (χ1n) is 7.15. The van der Waals surface area contributed by atoms with Crippen LogP contribution in [0, 0.1) is 5.82 Å². The minimum Gasteiger partial charge on any atom is -0.344 e. The summed E-state index contributed by atoms with van der Waals surface area (Å²) in [5.74, 6) is -0.173. The van der Waals surface area contributed by atoms with Crippen molar-refractivity contribution in [2.45, 2.75) is 12.8 Å². The van der Waals surface area contributed by atoms with Crippen molar-refractivity contribution in [3.05, 3.63) is 51.7 Å². The minimum absolute atomic E-state index is 0. The minimum atomic E-state index is -0.237. The number of hydrogen-bond acceptors (Lipinski definition) is 4. The molecule has 0 bridgehead atoms. The third-order valence-corrected chi connectivity index (χ3v) is 4.22. The summed E-state index contributed by atoms with van der Waals surface area (Å²) in [6, 6.07) is 6.41. The Bertz CT molecular complexity index is 622. The quantitative estimate of drug-likeness (QED) is 0.786. The fourth-order valence-electron chi connectivity index (χ4n) is 1.98. The molecule has 0 saturated heterocycles. The summed E-state index contributed by atoms with van der Waals surface area (Å²) in [6.45, 7) is 1.46. The molecule has 134 valence electrons. The van der Waals surface area contributed by atoms with Crippen LogP contribution in [0.15, 0.2) is 29.6 Å². The summed E-state index contributed by atoms with van der Waals surface area (Å²) in [5, 5.41) is 5.88. The molecule has 0 unspecified atom stereocenters. The summed E-state index contributed by atoms with van der Waals surface area (Å²) in [6.07, 6.45) is 0.981. The fraction of sp³-hybridized carbons (Fsp3) is 0.375. The Labute approximate surface area is 158 Å². The largest absolute Gasteiger partial charge is 0.344 e. The van der Waals surface area contributed by atoms with Crippen molar-refractivity contribution < 1.29 is 9.18 Å². The topological polar surface area (TPSA) is 45.2 Å². The monoisotopic (exact) mass is 393 g/mol. The van der Waals surface area contributed by atoms with E-state index < -0.39 is 0 Å². The number of nitrogens with zero attached hydrogens (tertiary/aromatic N) is 2. The molecular formula is C16H22Cl2FN3OS. The number of hydrogen-bond donors (Lipinski definition) is 1. The van der Waals surface area contributed by atoms with Crippen LogP contribution in [0.3, 0.4) is 0 Å². The van der Waals surface area contributed by atoms with Crippen LogP contribution in [0.4, 0.5) is 4.39 Å². The summed E-state index contributed by atoms with van der Waals surface area (Å²) in [5.41, 5.74) is 1.81. The first kappa shape index (κ1) is 22.8. The summed E-state index contributed by atoms with van der Waals surface area (Å²) in [7, 11) is 3.66. The smallest absolute Gasteiger partial charge is 0.228 e. The van der Waals surface area contributed by atoms with Gasteiger partial charge >= 0.3 is 0 Å². The number of likely N-dealkylation sites (N-methyl/N-ethyl adjacent to an activating group) is 2. The maximum atomic E-state index is 12.9. The Hall–Kier alpha value is -1.21. The zero-order valence-corrected chi connectivity index (χ0v) is 16.1. The van der Waals surface area contributed by atoms with E-state index in [4.69, 9.17) is 0 Å². The van der Waals surface area contributed by atoms with E-state index in [2.05, 4.69) is 10.3 Å². The first-order valence-corrected chi connectivity index (χ1v) is 8.02. The Kier molecular flexibility index (Phi) is 10.8. The van der Waals surface area contributed by atoms with Gasteiger partial charge < -0.3 is 10.2 Å². The molecule has 0 aliphatic heterocycles. The molecule has 1 aromatic carbocycles.